The SMILES string of the molecule is CCCCCCCCCCCCN(CCCCCCCCCCCC)CCN(CCCCCCCCCCCC)CCN(CCCCCCCCCCCC)CCN(CCCCCCCCCCCC)CCN(CCCCCCCCCCCC)CCN(CCCCCCCCCCCC)CCN(CCCCCCCCCCCC)CCCCCCCCCCCC. The summed E-state index contributed by atoms with van der Waals surface area (Å²) in [4.78, 5) is 21.3. The van der Waals surface area contributed by atoms with Crippen molar-refractivity contribution in [1.29, 1.82) is 0 Å². The first-order valence-electron chi connectivity index (χ1n) is 61.0. The maximum Gasteiger partial charge on any atom is 0.0110 e. The highest BCUT2D eigenvalue weighted by atomic mass is 15.3. The number of rotatable bonds is 117. The van der Waals surface area contributed by atoms with Gasteiger partial charge in [0.2, 0.25) is 0 Å². The third-order valence-electron chi connectivity index (χ3n) is 29.8. The maximum atomic E-state index is 3.07. The van der Waals surface area contributed by atoms with Crippen molar-refractivity contribution < 1.29 is 0 Å². The second-order valence-electron chi connectivity index (χ2n) is 42.5. The zero-order valence-corrected chi connectivity index (χ0v) is 90.6. The summed E-state index contributed by atoms with van der Waals surface area (Å²) < 4.78 is 0. The van der Waals surface area contributed by atoms with E-state index in [1.807, 2.05) is 0 Å². The summed E-state index contributed by atoms with van der Waals surface area (Å²) in [5.74, 6) is 0. The van der Waals surface area contributed by atoms with Crippen LogP contribution in [-0.2, 0) is 0 Å². The fraction of sp³-hybridized carbons (Fsp3) is 1.00. The summed E-state index contributed by atoms with van der Waals surface area (Å²) in [6.45, 7) is 48.3. The van der Waals surface area contributed by atoms with Crippen LogP contribution in [0.1, 0.15) is 640 Å². The van der Waals surface area contributed by atoms with Crippen molar-refractivity contribution in [2.24, 2.45) is 0 Å². The smallest absolute Gasteiger partial charge is 0.0110 e. The highest BCUT2D eigenvalue weighted by Gasteiger charge is 2.19. The first-order valence-corrected chi connectivity index (χ1v) is 61.0. The van der Waals surface area contributed by atoms with Crippen LogP contribution in [-0.4, -0.2) is 172 Å². The molecule has 0 aliphatic carbocycles. The Kier molecular flexibility index (Phi) is 112. The van der Waals surface area contributed by atoms with E-state index in [1.165, 1.54) is 715 Å². The molecule has 0 radical (unpaired) electrons. The zero-order valence-electron chi connectivity index (χ0n) is 90.6. The molecule has 0 atom stereocenters. The molecule has 0 spiro atoms. The molecule has 0 heterocycles. The van der Waals surface area contributed by atoms with Crippen LogP contribution in [0.3, 0.4) is 0 Å². The van der Waals surface area contributed by atoms with Crippen LogP contribution in [0.15, 0.2) is 0 Å². The van der Waals surface area contributed by atoms with E-state index in [2.05, 4.69) is 96.6 Å². The minimum Gasteiger partial charge on any atom is -0.302 e. The summed E-state index contributed by atoms with van der Waals surface area (Å²) in [7, 11) is 0. The van der Waals surface area contributed by atoms with Gasteiger partial charge in [-0.1, -0.05) is 582 Å². The van der Waals surface area contributed by atoms with Gasteiger partial charge in [0.1, 0.15) is 0 Å². The van der Waals surface area contributed by atoms with Gasteiger partial charge in [0, 0.05) is 78.5 Å². The molecule has 0 aromatic rings. The van der Waals surface area contributed by atoms with E-state index in [4.69, 9.17) is 0 Å². The van der Waals surface area contributed by atoms with Gasteiger partial charge in [-0.15, -0.1) is 0 Å². The van der Waals surface area contributed by atoms with Crippen molar-refractivity contribution in [3.05, 3.63) is 0 Å². The summed E-state index contributed by atoms with van der Waals surface area (Å²) >= 11 is 0. The van der Waals surface area contributed by atoms with Gasteiger partial charge in [0.05, 0.1) is 0 Å². The van der Waals surface area contributed by atoms with E-state index < -0.39 is 0 Å². The van der Waals surface area contributed by atoms with E-state index >= 15 is 0 Å². The van der Waals surface area contributed by atoms with Crippen LogP contribution < -0.4 is 0 Å². The molecule has 0 aromatic heterocycles. The van der Waals surface area contributed by atoms with E-state index in [-0.39, 0.29) is 0 Å². The molecule has 0 aliphatic rings. The molecule has 0 bridgehead atoms. The fourth-order valence-electron chi connectivity index (χ4n) is 20.5. The molecule has 0 aromatic carbocycles. The number of nitrogens with zero attached hydrogens (tertiary/aromatic N) is 7. The van der Waals surface area contributed by atoms with Crippen molar-refractivity contribution in [3.63, 3.8) is 0 Å². The van der Waals surface area contributed by atoms with Crippen molar-refractivity contribution >= 4 is 0 Å². The molecule has 764 valence electrons. The molecule has 0 saturated carbocycles. The normalized spacial score (nSPS) is 12.2. The van der Waals surface area contributed by atoms with Crippen molar-refractivity contribution in [1.82, 2.24) is 34.3 Å². The molecule has 0 saturated heterocycles. The number of hydrogen-bond acceptors (Lipinski definition) is 7. The van der Waals surface area contributed by atoms with Gasteiger partial charge in [-0.3, -0.25) is 0 Å². The van der Waals surface area contributed by atoms with Crippen LogP contribution in [0, 0.1) is 0 Å². The Bertz CT molecular complexity index is 1730. The van der Waals surface area contributed by atoms with Gasteiger partial charge < -0.3 is 34.3 Å². The lowest BCUT2D eigenvalue weighted by Gasteiger charge is -2.33. The average Bonchev–Trinajstić information content (AvgIpc) is 0.927. The lowest BCUT2D eigenvalue weighted by Crippen LogP contribution is -2.45. The quantitative estimate of drug-likeness (QED) is 0.0559. The van der Waals surface area contributed by atoms with Gasteiger partial charge in [-0.05, 0) is 117 Å². The van der Waals surface area contributed by atoms with E-state index in [0.717, 1.165) is 0 Å². The summed E-state index contributed by atoms with van der Waals surface area (Å²) in [5.41, 5.74) is 0. The topological polar surface area (TPSA) is 22.7 Å². The lowest BCUT2D eigenvalue weighted by molar-refractivity contribution is 0.140. The molecule has 7 nitrogen and oxygen atoms in total. The molecule has 0 rings (SSSR count). The largest absolute Gasteiger partial charge is 0.302 e. The van der Waals surface area contributed by atoms with Gasteiger partial charge >= 0.3 is 0 Å². The van der Waals surface area contributed by atoms with Gasteiger partial charge in [-0.25, -0.2) is 0 Å². The van der Waals surface area contributed by atoms with Crippen LogP contribution in [0.2, 0.25) is 0 Å². The van der Waals surface area contributed by atoms with Crippen LogP contribution in [0.5, 0.6) is 0 Å². The molecule has 127 heavy (non-hydrogen) atoms. The van der Waals surface area contributed by atoms with Gasteiger partial charge in [-0.2, -0.15) is 0 Å². The minimum absolute atomic E-state index is 1.25. The van der Waals surface area contributed by atoms with Gasteiger partial charge in [0.15, 0.2) is 0 Å². The molecule has 0 amide bonds. The molecule has 0 fully saturated rings. The minimum atomic E-state index is 1.25. The Hall–Kier alpha value is -0.280. The Morgan fingerprint density at radius 1 is 0.0630 bits per heavy atom. The predicted molar refractivity (Wildman–Crippen MR) is 582 cm³/mol. The van der Waals surface area contributed by atoms with Crippen molar-refractivity contribution in [2.45, 2.75) is 640 Å². The fourth-order valence-corrected chi connectivity index (χ4v) is 20.5. The Morgan fingerprint density at radius 2 is 0.118 bits per heavy atom. The lowest BCUT2D eigenvalue weighted by atomic mass is 10.1. The van der Waals surface area contributed by atoms with Crippen molar-refractivity contribution in [3.8, 4) is 0 Å². The Labute approximate surface area is 806 Å². The molecular formula is C120H249N7. The standard InChI is InChI=1S/C120H249N7/c1-10-19-28-37-46-55-64-73-82-91-100-121(101-92-83-74-65-56-47-38-29-20-11-2)109-111-123(104-95-86-77-68-59-50-41-32-23-14-5)113-115-125(106-97-88-79-70-61-52-43-34-25-16-7)117-119-127(108-99-90-81-72-63-54-45-36-27-18-9)120-118-126(107-98-89-80-71-62-53-44-35-26-17-8)116-114-124(105-96-87-78-69-60-51-42-33-24-15-6)112-110-122(102-93-84-75-66-57-48-39-30-21-12-3)103-94-85-76-67-58-49-40-31-22-13-4/h10-120H2,1-9H3. The van der Waals surface area contributed by atoms with Crippen molar-refractivity contribution in [2.75, 3.05) is 137 Å². The van der Waals surface area contributed by atoms with Crippen LogP contribution in [0.4, 0.5) is 0 Å². The van der Waals surface area contributed by atoms with Crippen LogP contribution >= 0.6 is 0 Å². The number of unbranched alkanes of at least 4 members (excludes halogenated alkanes) is 81. The summed E-state index contributed by atoms with van der Waals surface area (Å²) in [6, 6.07) is 0. The second-order valence-corrected chi connectivity index (χ2v) is 42.5. The third kappa shape index (κ3) is 101. The van der Waals surface area contributed by atoms with Crippen LogP contribution in [0.25, 0.3) is 0 Å². The van der Waals surface area contributed by atoms with E-state index in [1.54, 1.807) is 0 Å². The Morgan fingerprint density at radius 3 is 0.189 bits per heavy atom. The van der Waals surface area contributed by atoms with E-state index in [9.17, 15) is 0 Å². The molecule has 0 unspecified atom stereocenters. The van der Waals surface area contributed by atoms with E-state index in [0.29, 0.717) is 0 Å². The Balaban J connectivity index is 7.49. The summed E-state index contributed by atoms with van der Waals surface area (Å²) in [5, 5.41) is 0. The molecule has 0 aliphatic heterocycles. The molecular weight excluding hydrogens is 1540 g/mol. The zero-order chi connectivity index (χ0) is 91.5. The monoisotopic (exact) mass is 1790 g/mol. The molecule has 0 N–H and O–H groups in total. The second kappa shape index (κ2) is 113. The highest BCUT2D eigenvalue weighted by Crippen LogP contribution is 2.22. The molecule has 7 heteroatoms. The predicted octanol–water partition coefficient (Wildman–Crippen LogP) is 38.4. The first kappa shape index (κ1) is 127. The number of hydrogen-bond donors (Lipinski definition) is 0. The van der Waals surface area contributed by atoms with Gasteiger partial charge in [0.25, 0.3) is 0 Å². The summed E-state index contributed by atoms with van der Waals surface area (Å²) in [6.07, 6.45) is 129. The highest BCUT2D eigenvalue weighted by molar-refractivity contribution is 4.75. The maximum absolute atomic E-state index is 3.07. The third-order valence-corrected chi connectivity index (χ3v) is 29.8. The average molecular weight is 1790 g/mol. The first-order chi connectivity index (χ1) is 62.9.